The molecule has 0 aliphatic carbocycles. The normalized spacial score (nSPS) is 11.8. The van der Waals surface area contributed by atoms with Gasteiger partial charge < -0.3 is 10.1 Å². The van der Waals surface area contributed by atoms with Crippen LogP contribution in [0.5, 0.6) is 5.75 Å². The van der Waals surface area contributed by atoms with E-state index in [9.17, 15) is 13.2 Å². The summed E-state index contributed by atoms with van der Waals surface area (Å²) in [6, 6.07) is 6.14. The van der Waals surface area contributed by atoms with Crippen molar-refractivity contribution in [2.45, 2.75) is 26.4 Å². The average molecular weight is 481 g/mol. The molecule has 164 valence electrons. The minimum absolute atomic E-state index is 0.253. The zero-order valence-electron chi connectivity index (χ0n) is 17.3. The van der Waals surface area contributed by atoms with Gasteiger partial charge in [0.05, 0.1) is 29.2 Å². The van der Waals surface area contributed by atoms with Crippen LogP contribution in [0.1, 0.15) is 30.4 Å². The van der Waals surface area contributed by atoms with Crippen LogP contribution in [0.3, 0.4) is 0 Å². The van der Waals surface area contributed by atoms with Gasteiger partial charge in [0, 0.05) is 21.7 Å². The number of amides is 1. The van der Waals surface area contributed by atoms with E-state index < -0.39 is 10.0 Å². The third-order valence-corrected chi connectivity index (χ3v) is 5.35. The number of carbonyl (C=O) groups is 1. The molecular formula is C20H21ClN4O4S2. The minimum Gasteiger partial charge on any atom is -0.485 e. The molecule has 0 bridgehead atoms. The lowest BCUT2D eigenvalue weighted by Gasteiger charge is -2.20. The number of ether oxygens (including phenoxy) is 1. The van der Waals surface area contributed by atoms with Gasteiger partial charge in [0.25, 0.3) is 5.91 Å². The molecule has 0 atom stereocenters. The van der Waals surface area contributed by atoms with Gasteiger partial charge in [-0.05, 0) is 45.0 Å². The molecule has 1 amide bonds. The van der Waals surface area contributed by atoms with Crippen molar-refractivity contribution < 1.29 is 17.9 Å². The Hall–Kier alpha value is -2.69. The second kappa shape index (κ2) is 8.81. The van der Waals surface area contributed by atoms with Gasteiger partial charge >= 0.3 is 0 Å². The lowest BCUT2D eigenvalue weighted by molar-refractivity contribution is 0.103. The Morgan fingerprint density at radius 2 is 1.74 bits per heavy atom. The maximum Gasteiger partial charge on any atom is 0.265 e. The Labute approximate surface area is 189 Å². The molecule has 31 heavy (non-hydrogen) atoms. The second-order valence-electron chi connectivity index (χ2n) is 7.71. The van der Waals surface area contributed by atoms with Crippen molar-refractivity contribution in [1.82, 2.24) is 9.97 Å². The standard InChI is InChI=1S/C20H21ClN4O4S2/c1-20(2,3)29-16-9-22-18(23-10-16)12-5-17(30-11-12)19(26)24-14-6-13(21)7-15(8-14)25-31(4,27)28/h5-11,25H,1-4H3,(H,24,26). The SMILES string of the molecule is CC(C)(C)Oc1cnc(-c2csc(C(=O)Nc3cc(Cl)cc(NS(C)(=O)=O)c3)c2)nc1. The van der Waals surface area contributed by atoms with Gasteiger partial charge in [-0.25, -0.2) is 18.4 Å². The quantitative estimate of drug-likeness (QED) is 0.531. The summed E-state index contributed by atoms with van der Waals surface area (Å²) in [6.45, 7) is 5.81. The molecule has 8 nitrogen and oxygen atoms in total. The maximum atomic E-state index is 12.6. The summed E-state index contributed by atoms with van der Waals surface area (Å²) >= 11 is 7.27. The molecule has 0 fully saturated rings. The molecule has 0 saturated heterocycles. The first-order valence-electron chi connectivity index (χ1n) is 9.08. The first-order valence-corrected chi connectivity index (χ1v) is 12.2. The average Bonchev–Trinajstić information content (AvgIpc) is 3.09. The van der Waals surface area contributed by atoms with Gasteiger partial charge in [-0.15, -0.1) is 11.3 Å². The predicted molar refractivity (Wildman–Crippen MR) is 124 cm³/mol. The highest BCUT2D eigenvalue weighted by molar-refractivity contribution is 7.92. The van der Waals surface area contributed by atoms with Crippen molar-refractivity contribution in [2.75, 3.05) is 16.3 Å². The molecule has 2 aromatic heterocycles. The van der Waals surface area contributed by atoms with Gasteiger partial charge in [0.1, 0.15) is 5.60 Å². The van der Waals surface area contributed by atoms with Gasteiger partial charge in [-0.1, -0.05) is 11.6 Å². The molecule has 3 aromatic rings. The van der Waals surface area contributed by atoms with Gasteiger partial charge in [-0.2, -0.15) is 0 Å². The molecular weight excluding hydrogens is 460 g/mol. The van der Waals surface area contributed by atoms with E-state index in [1.807, 2.05) is 20.8 Å². The fourth-order valence-corrected chi connectivity index (χ4v) is 4.13. The van der Waals surface area contributed by atoms with Crippen LogP contribution in [-0.4, -0.2) is 36.1 Å². The van der Waals surface area contributed by atoms with Crippen LogP contribution >= 0.6 is 22.9 Å². The summed E-state index contributed by atoms with van der Waals surface area (Å²) in [4.78, 5) is 21.7. The molecule has 1 aromatic carbocycles. The Morgan fingerprint density at radius 1 is 1.10 bits per heavy atom. The van der Waals surface area contributed by atoms with Crippen molar-refractivity contribution in [3.05, 3.63) is 51.9 Å². The van der Waals surface area contributed by atoms with Crippen LogP contribution in [0.15, 0.2) is 42.0 Å². The Balaban J connectivity index is 1.73. The molecule has 2 heterocycles. The number of hydrogen-bond acceptors (Lipinski definition) is 7. The number of anilines is 2. The topological polar surface area (TPSA) is 110 Å². The van der Waals surface area contributed by atoms with Crippen molar-refractivity contribution in [2.24, 2.45) is 0 Å². The summed E-state index contributed by atoms with van der Waals surface area (Å²) in [5.74, 6) is 0.666. The number of rotatable bonds is 6. The molecule has 0 radical (unpaired) electrons. The number of halogens is 1. The fraction of sp³-hybridized carbons (Fsp3) is 0.250. The Morgan fingerprint density at radius 3 is 2.35 bits per heavy atom. The van der Waals surface area contributed by atoms with Gasteiger partial charge in [0.15, 0.2) is 11.6 Å². The zero-order chi connectivity index (χ0) is 22.8. The molecule has 11 heteroatoms. The molecule has 3 rings (SSSR count). The van der Waals surface area contributed by atoms with Crippen LogP contribution in [0, 0.1) is 0 Å². The summed E-state index contributed by atoms with van der Waals surface area (Å²) < 4.78 is 30.9. The third-order valence-electron chi connectivity index (χ3n) is 3.59. The second-order valence-corrected chi connectivity index (χ2v) is 10.8. The molecule has 0 aliphatic heterocycles. The van der Waals surface area contributed by atoms with Crippen LogP contribution in [-0.2, 0) is 10.0 Å². The smallest absolute Gasteiger partial charge is 0.265 e. The maximum absolute atomic E-state index is 12.6. The number of sulfonamides is 1. The first-order chi connectivity index (χ1) is 14.4. The molecule has 0 spiro atoms. The van der Waals surface area contributed by atoms with Gasteiger partial charge in [-0.3, -0.25) is 9.52 Å². The summed E-state index contributed by atoms with van der Waals surface area (Å²) in [5.41, 5.74) is 0.958. The largest absolute Gasteiger partial charge is 0.485 e. The van der Waals surface area contributed by atoms with Crippen LogP contribution < -0.4 is 14.8 Å². The third kappa shape index (κ3) is 6.91. The van der Waals surface area contributed by atoms with E-state index in [0.717, 1.165) is 6.26 Å². The predicted octanol–water partition coefficient (Wildman–Crippen LogP) is 4.66. The Kier molecular flexibility index (Phi) is 6.54. The van der Waals surface area contributed by atoms with Crippen molar-refractivity contribution in [3.63, 3.8) is 0 Å². The van der Waals surface area contributed by atoms with E-state index in [4.69, 9.17) is 16.3 Å². The van der Waals surface area contributed by atoms with Crippen LogP contribution in [0.2, 0.25) is 5.02 Å². The molecule has 2 N–H and O–H groups in total. The van der Waals surface area contributed by atoms with Crippen molar-refractivity contribution in [1.29, 1.82) is 0 Å². The number of hydrogen-bond donors (Lipinski definition) is 2. The van der Waals surface area contributed by atoms with Crippen LogP contribution in [0.25, 0.3) is 11.4 Å². The zero-order valence-corrected chi connectivity index (χ0v) is 19.7. The monoisotopic (exact) mass is 480 g/mol. The minimum atomic E-state index is -3.47. The first kappa shape index (κ1) is 23.0. The van der Waals surface area contributed by atoms with Crippen molar-refractivity contribution in [3.8, 4) is 17.1 Å². The Bertz CT molecular complexity index is 1200. The summed E-state index contributed by atoms with van der Waals surface area (Å²) in [5, 5.41) is 4.78. The molecule has 0 unspecified atom stereocenters. The van der Waals surface area contributed by atoms with E-state index in [2.05, 4.69) is 20.0 Å². The lowest BCUT2D eigenvalue weighted by atomic mass is 10.2. The summed E-state index contributed by atoms with van der Waals surface area (Å²) in [7, 11) is -3.47. The number of benzene rings is 1. The lowest BCUT2D eigenvalue weighted by Crippen LogP contribution is -2.23. The van der Waals surface area contributed by atoms with E-state index in [1.165, 1.54) is 29.5 Å². The highest BCUT2D eigenvalue weighted by Crippen LogP contribution is 2.27. The van der Waals surface area contributed by atoms with E-state index in [0.29, 0.717) is 27.7 Å². The number of nitrogens with zero attached hydrogens (tertiary/aromatic N) is 2. The number of carbonyl (C=O) groups excluding carboxylic acids is 1. The molecule has 0 aliphatic rings. The number of nitrogens with one attached hydrogen (secondary N) is 2. The fourth-order valence-electron chi connectivity index (χ4n) is 2.57. The van der Waals surface area contributed by atoms with Crippen molar-refractivity contribution >= 4 is 50.2 Å². The highest BCUT2D eigenvalue weighted by atomic mass is 35.5. The molecule has 0 saturated carbocycles. The number of thiophene rings is 1. The van der Waals surface area contributed by atoms with E-state index >= 15 is 0 Å². The summed E-state index contributed by atoms with van der Waals surface area (Å²) in [6.07, 6.45) is 4.21. The van der Waals surface area contributed by atoms with Crippen LogP contribution in [0.4, 0.5) is 11.4 Å². The van der Waals surface area contributed by atoms with Gasteiger partial charge in [0.2, 0.25) is 10.0 Å². The van der Waals surface area contributed by atoms with E-state index in [-0.39, 0.29) is 22.2 Å². The highest BCUT2D eigenvalue weighted by Gasteiger charge is 2.15. The van der Waals surface area contributed by atoms with E-state index in [1.54, 1.807) is 23.8 Å². The number of aromatic nitrogens is 2.